The van der Waals surface area contributed by atoms with Crippen LogP contribution in [-0.2, 0) is 16.1 Å². The van der Waals surface area contributed by atoms with Gasteiger partial charge in [-0.1, -0.05) is 29.8 Å². The summed E-state index contributed by atoms with van der Waals surface area (Å²) < 4.78 is 5.48. The summed E-state index contributed by atoms with van der Waals surface area (Å²) in [6, 6.07) is 8.18. The molecule has 1 aromatic rings. The molecule has 4 nitrogen and oxygen atoms in total. The minimum Gasteiger partial charge on any atom is -0.377 e. The van der Waals surface area contributed by atoms with Crippen LogP contribution in [-0.4, -0.2) is 31.7 Å². The highest BCUT2D eigenvalue weighted by Crippen LogP contribution is 2.10. The van der Waals surface area contributed by atoms with Crippen LogP contribution < -0.4 is 10.6 Å². The lowest BCUT2D eigenvalue weighted by atomic mass is 10.1. The molecule has 0 aromatic heterocycles. The zero-order valence-electron chi connectivity index (χ0n) is 11.4. The summed E-state index contributed by atoms with van der Waals surface area (Å²) in [4.78, 5) is 11.6. The maximum Gasteiger partial charge on any atom is 0.234 e. The van der Waals surface area contributed by atoms with Crippen molar-refractivity contribution in [2.24, 2.45) is 0 Å². The molecule has 4 heteroatoms. The number of aryl methyl sites for hydroxylation is 1. The second-order valence-electron chi connectivity index (χ2n) is 5.03. The predicted octanol–water partition coefficient (Wildman–Crippen LogP) is 1.38. The first-order valence-corrected chi connectivity index (χ1v) is 6.88. The number of carbonyl (C=O) groups is 1. The van der Waals surface area contributed by atoms with Gasteiger partial charge in [-0.3, -0.25) is 4.79 Å². The Labute approximate surface area is 114 Å². The van der Waals surface area contributed by atoms with Crippen LogP contribution in [0.5, 0.6) is 0 Å². The van der Waals surface area contributed by atoms with Crippen molar-refractivity contribution in [1.29, 1.82) is 0 Å². The number of nitrogens with one attached hydrogen (secondary N) is 2. The number of benzene rings is 1. The van der Waals surface area contributed by atoms with Crippen LogP contribution in [0.4, 0.5) is 0 Å². The van der Waals surface area contributed by atoms with Crippen LogP contribution in [0, 0.1) is 6.92 Å². The van der Waals surface area contributed by atoms with Crippen molar-refractivity contribution in [3.8, 4) is 0 Å². The number of amides is 1. The van der Waals surface area contributed by atoms with E-state index in [1.165, 1.54) is 5.56 Å². The molecule has 0 spiro atoms. The van der Waals surface area contributed by atoms with E-state index in [1.807, 2.05) is 12.1 Å². The summed E-state index contributed by atoms with van der Waals surface area (Å²) in [5.74, 6) is 0.0265. The molecule has 1 aliphatic rings. The van der Waals surface area contributed by atoms with Crippen molar-refractivity contribution in [2.75, 3.05) is 19.7 Å². The number of rotatable bonds is 6. The minimum absolute atomic E-state index is 0.0265. The Balaban J connectivity index is 1.60. The van der Waals surface area contributed by atoms with E-state index in [0.29, 0.717) is 13.1 Å². The molecule has 1 amide bonds. The summed E-state index contributed by atoms with van der Waals surface area (Å²) in [7, 11) is 0. The third kappa shape index (κ3) is 5.01. The summed E-state index contributed by atoms with van der Waals surface area (Å²) in [6.07, 6.45) is 2.51. The molecule has 0 radical (unpaired) electrons. The van der Waals surface area contributed by atoms with Gasteiger partial charge in [-0.05, 0) is 25.3 Å². The third-order valence-corrected chi connectivity index (χ3v) is 3.29. The summed E-state index contributed by atoms with van der Waals surface area (Å²) >= 11 is 0. The number of carbonyl (C=O) groups excluding carboxylic acids is 1. The van der Waals surface area contributed by atoms with Crippen molar-refractivity contribution < 1.29 is 9.53 Å². The number of hydrogen-bond donors (Lipinski definition) is 2. The zero-order valence-corrected chi connectivity index (χ0v) is 11.4. The van der Waals surface area contributed by atoms with Gasteiger partial charge in [0.15, 0.2) is 0 Å². The van der Waals surface area contributed by atoms with Crippen molar-refractivity contribution in [2.45, 2.75) is 32.4 Å². The molecule has 1 atom stereocenters. The van der Waals surface area contributed by atoms with Gasteiger partial charge in [0.25, 0.3) is 0 Å². The standard InChI is InChI=1S/C15H22N2O2/c1-12-4-6-13(7-5-12)9-17-15(18)11-16-10-14-3-2-8-19-14/h4-7,14,16H,2-3,8-11H2,1H3,(H,17,18). The molecule has 1 saturated heterocycles. The second kappa shape index (κ2) is 7.26. The minimum atomic E-state index is 0.0265. The van der Waals surface area contributed by atoms with Crippen LogP contribution in [0.25, 0.3) is 0 Å². The van der Waals surface area contributed by atoms with E-state index in [0.717, 1.165) is 31.6 Å². The Kier molecular flexibility index (Phi) is 5.36. The van der Waals surface area contributed by atoms with Crippen molar-refractivity contribution >= 4 is 5.91 Å². The molecule has 2 rings (SSSR count). The fourth-order valence-corrected chi connectivity index (χ4v) is 2.12. The van der Waals surface area contributed by atoms with E-state index in [-0.39, 0.29) is 12.0 Å². The quantitative estimate of drug-likeness (QED) is 0.814. The van der Waals surface area contributed by atoms with Gasteiger partial charge in [0.2, 0.25) is 5.91 Å². The molecule has 2 N–H and O–H groups in total. The summed E-state index contributed by atoms with van der Waals surface area (Å²) in [5.41, 5.74) is 2.35. The Bertz CT molecular complexity index is 397. The lowest BCUT2D eigenvalue weighted by Crippen LogP contribution is -2.36. The average Bonchev–Trinajstić information content (AvgIpc) is 2.91. The summed E-state index contributed by atoms with van der Waals surface area (Å²) in [5, 5.41) is 6.04. The maximum absolute atomic E-state index is 11.6. The molecule has 0 bridgehead atoms. The fraction of sp³-hybridized carbons (Fsp3) is 0.533. The van der Waals surface area contributed by atoms with Gasteiger partial charge in [-0.2, -0.15) is 0 Å². The lowest BCUT2D eigenvalue weighted by Gasteiger charge is -2.11. The molecule has 1 fully saturated rings. The Morgan fingerprint density at radius 3 is 2.84 bits per heavy atom. The molecule has 1 aromatic carbocycles. The SMILES string of the molecule is Cc1ccc(CNC(=O)CNCC2CCCO2)cc1. The lowest BCUT2D eigenvalue weighted by molar-refractivity contribution is -0.120. The van der Waals surface area contributed by atoms with Gasteiger partial charge in [-0.25, -0.2) is 0 Å². The first-order valence-electron chi connectivity index (χ1n) is 6.88. The van der Waals surface area contributed by atoms with Gasteiger partial charge < -0.3 is 15.4 Å². The molecular weight excluding hydrogens is 240 g/mol. The highest BCUT2D eigenvalue weighted by atomic mass is 16.5. The molecule has 1 unspecified atom stereocenters. The van der Waals surface area contributed by atoms with E-state index >= 15 is 0 Å². The molecule has 0 saturated carbocycles. The van der Waals surface area contributed by atoms with Gasteiger partial charge in [0, 0.05) is 19.7 Å². The van der Waals surface area contributed by atoms with E-state index in [9.17, 15) is 4.79 Å². The molecule has 0 aliphatic carbocycles. The van der Waals surface area contributed by atoms with Crippen molar-refractivity contribution in [3.63, 3.8) is 0 Å². The molecule has 1 heterocycles. The predicted molar refractivity (Wildman–Crippen MR) is 74.9 cm³/mol. The largest absolute Gasteiger partial charge is 0.377 e. The fourth-order valence-electron chi connectivity index (χ4n) is 2.12. The molecule has 1 aliphatic heterocycles. The molecule has 19 heavy (non-hydrogen) atoms. The Morgan fingerprint density at radius 1 is 1.37 bits per heavy atom. The van der Waals surface area contributed by atoms with E-state index < -0.39 is 0 Å². The monoisotopic (exact) mass is 262 g/mol. The highest BCUT2D eigenvalue weighted by Gasteiger charge is 2.14. The topological polar surface area (TPSA) is 50.4 Å². The smallest absolute Gasteiger partial charge is 0.234 e. The average molecular weight is 262 g/mol. The van der Waals surface area contributed by atoms with Crippen molar-refractivity contribution in [1.82, 2.24) is 10.6 Å². The maximum atomic E-state index is 11.6. The third-order valence-electron chi connectivity index (χ3n) is 3.29. The first kappa shape index (κ1) is 14.0. The van der Waals surface area contributed by atoms with Crippen LogP contribution in [0.2, 0.25) is 0 Å². The highest BCUT2D eigenvalue weighted by molar-refractivity contribution is 5.77. The first-order chi connectivity index (χ1) is 9.24. The van der Waals surface area contributed by atoms with Crippen LogP contribution >= 0.6 is 0 Å². The van der Waals surface area contributed by atoms with Crippen LogP contribution in [0.1, 0.15) is 24.0 Å². The van der Waals surface area contributed by atoms with Crippen LogP contribution in [0.3, 0.4) is 0 Å². The number of hydrogen-bond acceptors (Lipinski definition) is 3. The van der Waals surface area contributed by atoms with E-state index in [2.05, 4.69) is 29.7 Å². The van der Waals surface area contributed by atoms with Gasteiger partial charge in [0.05, 0.1) is 12.6 Å². The summed E-state index contributed by atoms with van der Waals surface area (Å²) in [6.45, 7) is 4.60. The van der Waals surface area contributed by atoms with E-state index in [1.54, 1.807) is 0 Å². The Hall–Kier alpha value is -1.39. The van der Waals surface area contributed by atoms with E-state index in [4.69, 9.17) is 4.74 Å². The normalized spacial score (nSPS) is 18.5. The van der Waals surface area contributed by atoms with Gasteiger partial charge >= 0.3 is 0 Å². The number of ether oxygens (including phenoxy) is 1. The second-order valence-corrected chi connectivity index (χ2v) is 5.03. The molecule has 104 valence electrons. The Morgan fingerprint density at radius 2 is 2.16 bits per heavy atom. The van der Waals surface area contributed by atoms with Gasteiger partial charge in [0.1, 0.15) is 0 Å². The van der Waals surface area contributed by atoms with Crippen LogP contribution in [0.15, 0.2) is 24.3 Å². The zero-order chi connectivity index (χ0) is 13.5. The van der Waals surface area contributed by atoms with Crippen molar-refractivity contribution in [3.05, 3.63) is 35.4 Å². The molecular formula is C15H22N2O2. The van der Waals surface area contributed by atoms with Gasteiger partial charge in [-0.15, -0.1) is 0 Å².